The van der Waals surface area contributed by atoms with Crippen molar-refractivity contribution >= 4 is 16.8 Å². The second kappa shape index (κ2) is 7.47. The number of hydrogen-bond acceptors (Lipinski definition) is 3. The number of nitrogens with zero attached hydrogens (tertiary/aromatic N) is 1. The number of fused-ring (bicyclic) bond motifs is 1. The van der Waals surface area contributed by atoms with Gasteiger partial charge < -0.3 is 10.3 Å². The maximum atomic E-state index is 12.8. The van der Waals surface area contributed by atoms with E-state index >= 15 is 0 Å². The van der Waals surface area contributed by atoms with E-state index in [1.54, 1.807) is 24.3 Å². The molecule has 5 nitrogen and oxygen atoms in total. The van der Waals surface area contributed by atoms with Gasteiger partial charge in [-0.2, -0.15) is 13.2 Å². The maximum absolute atomic E-state index is 12.8. The SMILES string of the molecule is O=C(CCc1nc2ccccc2c(=O)[nH]1)N[C@@H]1CCC[C@H](C(F)(F)F)C1. The van der Waals surface area contributed by atoms with E-state index in [9.17, 15) is 22.8 Å². The number of carbonyl (C=O) groups is 1. The lowest BCUT2D eigenvalue weighted by Gasteiger charge is -2.31. The summed E-state index contributed by atoms with van der Waals surface area (Å²) in [6.45, 7) is 0. The number of alkyl halides is 3. The molecule has 0 unspecified atom stereocenters. The summed E-state index contributed by atoms with van der Waals surface area (Å²) in [6.07, 6.45) is -2.86. The molecule has 1 saturated carbocycles. The van der Waals surface area contributed by atoms with Crippen molar-refractivity contribution < 1.29 is 18.0 Å². The van der Waals surface area contributed by atoms with E-state index in [2.05, 4.69) is 15.3 Å². The molecule has 0 spiro atoms. The molecular formula is C18H20F3N3O2. The quantitative estimate of drug-likeness (QED) is 0.872. The molecule has 8 heteroatoms. The van der Waals surface area contributed by atoms with Crippen molar-refractivity contribution in [1.82, 2.24) is 15.3 Å². The average Bonchev–Trinajstić information content (AvgIpc) is 2.59. The van der Waals surface area contributed by atoms with Gasteiger partial charge >= 0.3 is 6.18 Å². The predicted octanol–water partition coefficient (Wildman–Crippen LogP) is 3.09. The van der Waals surface area contributed by atoms with E-state index in [-0.39, 0.29) is 37.1 Å². The molecule has 0 aliphatic heterocycles. The van der Waals surface area contributed by atoms with Crippen LogP contribution in [0.1, 0.15) is 37.9 Å². The number of rotatable bonds is 4. The highest BCUT2D eigenvalue weighted by molar-refractivity contribution is 5.78. The zero-order valence-corrected chi connectivity index (χ0v) is 14.1. The van der Waals surface area contributed by atoms with Gasteiger partial charge in [0.2, 0.25) is 5.91 Å². The average molecular weight is 367 g/mol. The summed E-state index contributed by atoms with van der Waals surface area (Å²) in [6, 6.07) is 6.44. The third-order valence-corrected chi connectivity index (χ3v) is 4.75. The maximum Gasteiger partial charge on any atom is 0.391 e. The summed E-state index contributed by atoms with van der Waals surface area (Å²) < 4.78 is 38.5. The molecule has 1 heterocycles. The fraction of sp³-hybridized carbons (Fsp3) is 0.500. The monoisotopic (exact) mass is 367 g/mol. The summed E-state index contributed by atoms with van der Waals surface area (Å²) >= 11 is 0. The van der Waals surface area contributed by atoms with Crippen LogP contribution >= 0.6 is 0 Å². The van der Waals surface area contributed by atoms with Crippen LogP contribution in [0.3, 0.4) is 0 Å². The standard InChI is InChI=1S/C18H20F3N3O2/c19-18(20,21)11-4-3-5-12(10-11)22-16(25)9-8-15-23-14-7-2-1-6-13(14)17(26)24-15/h1-2,6-7,11-12H,3-5,8-10H2,(H,22,25)(H,23,24,26)/t11-,12+/m0/s1. The normalized spacial score (nSPS) is 20.9. The molecule has 0 radical (unpaired) electrons. The van der Waals surface area contributed by atoms with Gasteiger partial charge in [0.1, 0.15) is 5.82 Å². The predicted molar refractivity (Wildman–Crippen MR) is 90.6 cm³/mol. The Hall–Kier alpha value is -2.38. The van der Waals surface area contributed by atoms with E-state index in [0.717, 1.165) is 0 Å². The van der Waals surface area contributed by atoms with E-state index in [4.69, 9.17) is 0 Å². The van der Waals surface area contributed by atoms with E-state index in [0.29, 0.717) is 29.6 Å². The summed E-state index contributed by atoms with van der Waals surface area (Å²) in [7, 11) is 0. The van der Waals surface area contributed by atoms with Gasteiger partial charge in [0.25, 0.3) is 5.56 Å². The minimum absolute atomic E-state index is 0.0640. The highest BCUT2D eigenvalue weighted by Gasteiger charge is 2.42. The largest absolute Gasteiger partial charge is 0.391 e. The number of H-pyrrole nitrogens is 1. The zero-order chi connectivity index (χ0) is 18.7. The highest BCUT2D eigenvalue weighted by Crippen LogP contribution is 2.37. The van der Waals surface area contributed by atoms with Gasteiger partial charge in [0.05, 0.1) is 16.8 Å². The van der Waals surface area contributed by atoms with Crippen molar-refractivity contribution in [1.29, 1.82) is 0 Å². The van der Waals surface area contributed by atoms with Crippen molar-refractivity contribution in [3.8, 4) is 0 Å². The Morgan fingerprint density at radius 1 is 1.27 bits per heavy atom. The van der Waals surface area contributed by atoms with Crippen molar-refractivity contribution in [3.63, 3.8) is 0 Å². The molecule has 1 aliphatic rings. The lowest BCUT2D eigenvalue weighted by molar-refractivity contribution is -0.184. The van der Waals surface area contributed by atoms with Crippen molar-refractivity contribution in [3.05, 3.63) is 40.4 Å². The number of para-hydroxylation sites is 1. The van der Waals surface area contributed by atoms with Crippen LogP contribution < -0.4 is 10.9 Å². The second-order valence-corrected chi connectivity index (χ2v) is 6.70. The first kappa shape index (κ1) is 18.4. The minimum Gasteiger partial charge on any atom is -0.353 e. The number of hydrogen-bond donors (Lipinski definition) is 2. The number of aryl methyl sites for hydroxylation is 1. The lowest BCUT2D eigenvalue weighted by Crippen LogP contribution is -2.41. The molecule has 2 aromatic rings. The van der Waals surface area contributed by atoms with Crippen LogP contribution in [0.5, 0.6) is 0 Å². The second-order valence-electron chi connectivity index (χ2n) is 6.70. The summed E-state index contributed by atoms with van der Waals surface area (Å²) in [5.74, 6) is -1.28. The number of nitrogens with one attached hydrogen (secondary N) is 2. The summed E-state index contributed by atoms with van der Waals surface area (Å²) in [5, 5.41) is 3.16. The fourth-order valence-electron chi connectivity index (χ4n) is 3.40. The highest BCUT2D eigenvalue weighted by atomic mass is 19.4. The molecule has 1 aromatic heterocycles. The number of aromatic amines is 1. The summed E-state index contributed by atoms with van der Waals surface area (Å²) in [4.78, 5) is 31.0. The first-order valence-electron chi connectivity index (χ1n) is 8.67. The van der Waals surface area contributed by atoms with Gasteiger partial charge in [0, 0.05) is 18.9 Å². The van der Waals surface area contributed by atoms with Crippen LogP contribution in [0.25, 0.3) is 10.9 Å². The molecule has 0 bridgehead atoms. The first-order chi connectivity index (χ1) is 12.3. The van der Waals surface area contributed by atoms with E-state index in [1.807, 2.05) is 0 Å². The molecule has 2 atom stereocenters. The number of aromatic nitrogens is 2. The smallest absolute Gasteiger partial charge is 0.353 e. The first-order valence-corrected chi connectivity index (χ1v) is 8.67. The third-order valence-electron chi connectivity index (χ3n) is 4.75. The Bertz CT molecular complexity index is 847. The van der Waals surface area contributed by atoms with Crippen LogP contribution in [0.4, 0.5) is 13.2 Å². The number of benzene rings is 1. The van der Waals surface area contributed by atoms with Crippen molar-refractivity contribution in [2.75, 3.05) is 0 Å². The number of amides is 1. The lowest BCUT2D eigenvalue weighted by atomic mass is 9.85. The van der Waals surface area contributed by atoms with E-state index in [1.165, 1.54) is 0 Å². The molecule has 1 aliphatic carbocycles. The van der Waals surface area contributed by atoms with Gasteiger partial charge in [0.15, 0.2) is 0 Å². The van der Waals surface area contributed by atoms with Gasteiger partial charge in [-0.25, -0.2) is 4.98 Å². The van der Waals surface area contributed by atoms with Gasteiger partial charge in [-0.1, -0.05) is 18.6 Å². The van der Waals surface area contributed by atoms with E-state index < -0.39 is 18.1 Å². The molecular weight excluding hydrogens is 347 g/mol. The molecule has 2 N–H and O–H groups in total. The van der Waals surface area contributed by atoms with Crippen molar-refractivity contribution in [2.45, 2.75) is 50.7 Å². The fourth-order valence-corrected chi connectivity index (χ4v) is 3.40. The Morgan fingerprint density at radius 3 is 2.81 bits per heavy atom. The molecule has 0 saturated heterocycles. The Balaban J connectivity index is 1.57. The minimum atomic E-state index is -4.21. The van der Waals surface area contributed by atoms with Crippen LogP contribution in [-0.4, -0.2) is 28.1 Å². The van der Waals surface area contributed by atoms with Gasteiger partial charge in [-0.15, -0.1) is 0 Å². The number of carbonyl (C=O) groups excluding carboxylic acids is 1. The van der Waals surface area contributed by atoms with Crippen LogP contribution in [0.2, 0.25) is 0 Å². The molecule has 1 aromatic carbocycles. The molecule has 1 amide bonds. The van der Waals surface area contributed by atoms with Crippen LogP contribution in [-0.2, 0) is 11.2 Å². The Morgan fingerprint density at radius 2 is 2.04 bits per heavy atom. The Kier molecular flexibility index (Phi) is 5.29. The van der Waals surface area contributed by atoms with Crippen molar-refractivity contribution in [2.24, 2.45) is 5.92 Å². The topological polar surface area (TPSA) is 74.8 Å². The molecule has 3 rings (SSSR count). The summed E-state index contributed by atoms with van der Waals surface area (Å²) in [5.41, 5.74) is 0.276. The molecule has 1 fully saturated rings. The van der Waals surface area contributed by atoms with Crippen LogP contribution in [0.15, 0.2) is 29.1 Å². The van der Waals surface area contributed by atoms with Crippen LogP contribution in [0, 0.1) is 5.92 Å². The molecule has 26 heavy (non-hydrogen) atoms. The molecule has 140 valence electrons. The van der Waals surface area contributed by atoms with Gasteiger partial charge in [-0.05, 0) is 31.4 Å². The zero-order valence-electron chi connectivity index (χ0n) is 14.1. The third kappa shape index (κ3) is 4.42. The number of halogens is 3. The van der Waals surface area contributed by atoms with Gasteiger partial charge in [-0.3, -0.25) is 9.59 Å². The Labute approximate surface area is 148 Å².